The van der Waals surface area contributed by atoms with E-state index in [9.17, 15) is 4.79 Å². The van der Waals surface area contributed by atoms with Crippen LogP contribution in [0, 0.1) is 0 Å². The maximum Gasteiger partial charge on any atom is 0.303 e. The molecule has 1 unspecified atom stereocenters. The summed E-state index contributed by atoms with van der Waals surface area (Å²) in [5.74, 6) is 1.40. The first-order valence-corrected chi connectivity index (χ1v) is 12.3. The first kappa shape index (κ1) is 26.5. The van der Waals surface area contributed by atoms with Crippen LogP contribution in [0.25, 0.3) is 5.57 Å². The molecule has 180 valence electrons. The third kappa shape index (κ3) is 9.33. The number of aliphatic carboxylic acids is 1. The quantitative estimate of drug-likeness (QED) is 0.263. The Labute approximate surface area is 199 Å². The Morgan fingerprint density at radius 3 is 1.85 bits per heavy atom. The number of hydrogen-bond acceptors (Lipinski definition) is 3. The van der Waals surface area contributed by atoms with E-state index in [0.29, 0.717) is 12.3 Å². The van der Waals surface area contributed by atoms with Crippen molar-refractivity contribution in [3.05, 3.63) is 65.7 Å². The Morgan fingerprint density at radius 1 is 0.818 bits per heavy atom. The molecule has 0 saturated heterocycles. The van der Waals surface area contributed by atoms with Crippen molar-refractivity contribution in [1.29, 1.82) is 0 Å². The lowest BCUT2D eigenvalue weighted by atomic mass is 9.84. The Morgan fingerprint density at radius 2 is 1.33 bits per heavy atom. The van der Waals surface area contributed by atoms with Gasteiger partial charge in [-0.25, -0.2) is 0 Å². The molecule has 0 radical (unpaired) electrons. The number of rotatable bonds is 16. The predicted octanol–water partition coefficient (Wildman–Crippen LogP) is 7.88. The normalized spacial score (nSPS) is 12.4. The zero-order chi connectivity index (χ0) is 23.9. The highest BCUT2D eigenvalue weighted by molar-refractivity contribution is 5.72. The van der Waals surface area contributed by atoms with Crippen molar-refractivity contribution in [3.8, 4) is 11.5 Å². The van der Waals surface area contributed by atoms with Gasteiger partial charge in [0.1, 0.15) is 11.5 Å². The molecule has 0 aromatic heterocycles. The van der Waals surface area contributed by atoms with Gasteiger partial charge >= 0.3 is 5.97 Å². The van der Waals surface area contributed by atoms with Crippen LogP contribution in [0.2, 0.25) is 0 Å². The lowest BCUT2D eigenvalue weighted by molar-refractivity contribution is -0.137. The molecule has 2 aromatic carbocycles. The summed E-state index contributed by atoms with van der Waals surface area (Å²) in [6, 6.07) is 16.8. The van der Waals surface area contributed by atoms with Gasteiger partial charge in [-0.15, -0.1) is 0 Å². The molecule has 0 bridgehead atoms. The van der Waals surface area contributed by atoms with Crippen LogP contribution in [0.15, 0.2) is 54.6 Å². The fraction of sp³-hybridized carbons (Fsp3) is 0.483. The van der Waals surface area contributed by atoms with Crippen molar-refractivity contribution in [1.82, 2.24) is 0 Å². The molecule has 2 rings (SSSR count). The number of ether oxygens (including phenoxy) is 2. The molecule has 0 aliphatic rings. The van der Waals surface area contributed by atoms with Crippen molar-refractivity contribution in [3.63, 3.8) is 0 Å². The number of unbranched alkanes of at least 4 members (excludes halogenated alkanes) is 7. The molecule has 1 atom stereocenters. The van der Waals surface area contributed by atoms with Crippen molar-refractivity contribution in [2.75, 3.05) is 14.2 Å². The van der Waals surface area contributed by atoms with Gasteiger partial charge in [0.25, 0.3) is 0 Å². The lowest BCUT2D eigenvalue weighted by Gasteiger charge is -2.21. The summed E-state index contributed by atoms with van der Waals surface area (Å²) in [6.45, 7) is 2.25. The average molecular weight is 453 g/mol. The van der Waals surface area contributed by atoms with Crippen LogP contribution in [-0.2, 0) is 4.79 Å². The molecule has 0 amide bonds. The van der Waals surface area contributed by atoms with Gasteiger partial charge in [-0.2, -0.15) is 0 Å². The van der Waals surface area contributed by atoms with Gasteiger partial charge in [-0.05, 0) is 66.6 Å². The van der Waals surface area contributed by atoms with Crippen LogP contribution in [0.1, 0.15) is 88.2 Å². The maximum atomic E-state index is 10.6. The molecule has 4 heteroatoms. The summed E-state index contributed by atoms with van der Waals surface area (Å²) in [6.07, 6.45) is 12.6. The Bertz CT molecular complexity index is 837. The van der Waals surface area contributed by atoms with E-state index in [0.717, 1.165) is 43.6 Å². The maximum absolute atomic E-state index is 10.6. The number of hydrogen-bond donors (Lipinski definition) is 1. The standard InChI is InChI=1S/C29H40O4/c1-4-27(23-15-19-25(32-2)20-16-23)28(24-17-21-26(33-3)22-18-24)13-11-9-7-5-6-8-10-12-14-29(30)31/h13,15-22,27H,4-12,14H2,1-3H3,(H,30,31). The molecule has 33 heavy (non-hydrogen) atoms. The molecule has 0 heterocycles. The third-order valence-electron chi connectivity index (χ3n) is 6.18. The molecule has 1 N–H and O–H groups in total. The summed E-state index contributed by atoms with van der Waals surface area (Å²) >= 11 is 0. The van der Waals surface area contributed by atoms with Crippen LogP contribution >= 0.6 is 0 Å². The molecule has 0 aliphatic carbocycles. The highest BCUT2D eigenvalue weighted by atomic mass is 16.5. The van der Waals surface area contributed by atoms with Gasteiger partial charge in [0, 0.05) is 12.3 Å². The molecule has 0 fully saturated rings. The number of carbonyl (C=O) groups is 1. The van der Waals surface area contributed by atoms with Crippen molar-refractivity contribution < 1.29 is 19.4 Å². The fourth-order valence-electron chi connectivity index (χ4n) is 4.28. The van der Waals surface area contributed by atoms with Crippen LogP contribution in [0.4, 0.5) is 0 Å². The van der Waals surface area contributed by atoms with E-state index >= 15 is 0 Å². The third-order valence-corrected chi connectivity index (χ3v) is 6.18. The molecule has 4 nitrogen and oxygen atoms in total. The van der Waals surface area contributed by atoms with Crippen molar-refractivity contribution in [2.24, 2.45) is 0 Å². The summed E-state index contributed by atoms with van der Waals surface area (Å²) in [5, 5.41) is 8.70. The van der Waals surface area contributed by atoms with Gasteiger partial charge in [-0.3, -0.25) is 4.79 Å². The monoisotopic (exact) mass is 452 g/mol. The Hall–Kier alpha value is -2.75. The minimum atomic E-state index is -0.686. The minimum Gasteiger partial charge on any atom is -0.497 e. The molecular weight excluding hydrogens is 412 g/mol. The fourth-order valence-corrected chi connectivity index (χ4v) is 4.28. The first-order chi connectivity index (χ1) is 16.1. The van der Waals surface area contributed by atoms with Gasteiger partial charge in [0.05, 0.1) is 14.2 Å². The number of carboxylic acids is 1. The topological polar surface area (TPSA) is 55.8 Å². The summed E-state index contributed by atoms with van der Waals surface area (Å²) < 4.78 is 10.7. The molecule has 0 saturated carbocycles. The van der Waals surface area contributed by atoms with E-state index in [4.69, 9.17) is 14.6 Å². The zero-order valence-corrected chi connectivity index (χ0v) is 20.5. The summed E-state index contributed by atoms with van der Waals surface area (Å²) in [7, 11) is 3.40. The average Bonchev–Trinajstić information content (AvgIpc) is 2.84. The van der Waals surface area contributed by atoms with E-state index < -0.39 is 5.97 Å². The van der Waals surface area contributed by atoms with Crippen molar-refractivity contribution >= 4 is 11.5 Å². The SMILES string of the molecule is CCC(C(=CCCCCCCCCCC(=O)O)c1ccc(OC)cc1)c1ccc(OC)cc1. The van der Waals surface area contributed by atoms with E-state index in [2.05, 4.69) is 37.3 Å². The zero-order valence-electron chi connectivity index (χ0n) is 20.5. The molecule has 0 aliphatic heterocycles. The number of benzene rings is 2. The van der Waals surface area contributed by atoms with Gasteiger partial charge in [0.2, 0.25) is 0 Å². The van der Waals surface area contributed by atoms with Crippen LogP contribution in [0.5, 0.6) is 11.5 Å². The van der Waals surface area contributed by atoms with Gasteiger partial charge in [0.15, 0.2) is 0 Å². The number of allylic oxidation sites excluding steroid dienone is 2. The number of carboxylic acid groups (broad SMARTS) is 1. The predicted molar refractivity (Wildman–Crippen MR) is 136 cm³/mol. The number of methoxy groups -OCH3 is 2. The van der Waals surface area contributed by atoms with Crippen molar-refractivity contribution in [2.45, 2.75) is 77.0 Å². The second-order valence-electron chi connectivity index (χ2n) is 8.53. The van der Waals surface area contributed by atoms with E-state index in [-0.39, 0.29) is 0 Å². The van der Waals surface area contributed by atoms with E-state index in [1.165, 1.54) is 42.4 Å². The molecule has 0 spiro atoms. The first-order valence-electron chi connectivity index (χ1n) is 12.3. The van der Waals surface area contributed by atoms with Crippen LogP contribution < -0.4 is 9.47 Å². The van der Waals surface area contributed by atoms with Gasteiger partial charge < -0.3 is 14.6 Å². The molecule has 2 aromatic rings. The second kappa shape index (κ2) is 15.2. The largest absolute Gasteiger partial charge is 0.497 e. The summed E-state index contributed by atoms with van der Waals surface area (Å²) in [4.78, 5) is 10.6. The Kier molecular flexibility index (Phi) is 12.2. The van der Waals surface area contributed by atoms with Crippen LogP contribution in [0.3, 0.4) is 0 Å². The van der Waals surface area contributed by atoms with Crippen LogP contribution in [-0.4, -0.2) is 25.3 Å². The van der Waals surface area contributed by atoms with E-state index in [1.54, 1.807) is 14.2 Å². The molecular formula is C29H40O4. The summed E-state index contributed by atoms with van der Waals surface area (Å²) in [5.41, 5.74) is 3.93. The highest BCUT2D eigenvalue weighted by Gasteiger charge is 2.17. The smallest absolute Gasteiger partial charge is 0.303 e. The minimum absolute atomic E-state index is 0.297. The highest BCUT2D eigenvalue weighted by Crippen LogP contribution is 2.36. The van der Waals surface area contributed by atoms with E-state index in [1.807, 2.05) is 24.3 Å². The lowest BCUT2D eigenvalue weighted by Crippen LogP contribution is -2.02. The second-order valence-corrected chi connectivity index (χ2v) is 8.53. The Balaban J connectivity index is 1.99. The van der Waals surface area contributed by atoms with Gasteiger partial charge in [-0.1, -0.05) is 69.4 Å².